The Morgan fingerprint density at radius 2 is 1.92 bits per heavy atom. The highest BCUT2D eigenvalue weighted by Crippen LogP contribution is 2.18. The molecule has 0 unspecified atom stereocenters. The van der Waals surface area contributed by atoms with Gasteiger partial charge in [0.25, 0.3) is 0 Å². The molecule has 0 aliphatic rings. The van der Waals surface area contributed by atoms with Crippen LogP contribution >= 0.6 is 0 Å². The molecule has 2 rings (SSSR count). The van der Waals surface area contributed by atoms with Crippen molar-refractivity contribution in [2.45, 2.75) is 6.92 Å². The summed E-state index contributed by atoms with van der Waals surface area (Å²) in [6, 6.07) is 1.86. The van der Waals surface area contributed by atoms with Crippen LogP contribution in [-0.2, 0) is 0 Å². The smallest absolute Gasteiger partial charge is 0.222 e. The molecule has 0 radical (unpaired) electrons. The largest absolute Gasteiger partial charge is 0.382 e. The summed E-state index contributed by atoms with van der Waals surface area (Å²) in [5, 5.41) is 0. The molecule has 5 nitrogen and oxygen atoms in total. The Morgan fingerprint density at radius 1 is 1.15 bits per heavy atom. The number of nitrogens with two attached hydrogens (primary N) is 2. The molecule has 0 bridgehead atoms. The van der Waals surface area contributed by atoms with Gasteiger partial charge in [-0.1, -0.05) is 0 Å². The van der Waals surface area contributed by atoms with Crippen LogP contribution in [0.3, 0.4) is 0 Å². The average molecular weight is 175 g/mol. The molecule has 0 atom stereocenters. The van der Waals surface area contributed by atoms with Gasteiger partial charge < -0.3 is 11.5 Å². The molecule has 4 N–H and O–H groups in total. The summed E-state index contributed by atoms with van der Waals surface area (Å²) in [5.74, 6) is 0.507. The van der Waals surface area contributed by atoms with Crippen LogP contribution in [0.25, 0.3) is 11.0 Å². The third-order valence-corrected chi connectivity index (χ3v) is 1.83. The lowest BCUT2D eigenvalue weighted by Crippen LogP contribution is -2.02. The quantitative estimate of drug-likeness (QED) is 0.608. The molecule has 66 valence electrons. The van der Waals surface area contributed by atoms with Gasteiger partial charge in [-0.05, 0) is 18.6 Å². The molecule has 2 heterocycles. The second kappa shape index (κ2) is 2.55. The molecule has 5 heteroatoms. The summed E-state index contributed by atoms with van der Waals surface area (Å²) in [4.78, 5) is 12.0. The molecule has 0 aliphatic carbocycles. The number of aromatic nitrogens is 3. The molecule has 2 aromatic rings. The maximum atomic E-state index is 5.63. The van der Waals surface area contributed by atoms with Crippen molar-refractivity contribution < 1.29 is 0 Å². The number of nitrogen functional groups attached to an aromatic ring is 2. The molecule has 2 aromatic heterocycles. The van der Waals surface area contributed by atoms with E-state index in [-0.39, 0.29) is 5.95 Å². The van der Waals surface area contributed by atoms with Crippen LogP contribution in [0.5, 0.6) is 0 Å². The first-order chi connectivity index (χ1) is 6.18. The fourth-order valence-electron chi connectivity index (χ4n) is 1.19. The fraction of sp³-hybridized carbons (Fsp3) is 0.125. The van der Waals surface area contributed by atoms with Crippen LogP contribution in [0.2, 0.25) is 0 Å². The first-order valence-corrected chi connectivity index (χ1v) is 3.83. The molecule has 0 aliphatic heterocycles. The molecular formula is C8H9N5. The van der Waals surface area contributed by atoms with Gasteiger partial charge in [0, 0.05) is 6.20 Å². The van der Waals surface area contributed by atoms with Gasteiger partial charge in [0.1, 0.15) is 5.52 Å². The van der Waals surface area contributed by atoms with Gasteiger partial charge >= 0.3 is 0 Å². The van der Waals surface area contributed by atoms with Gasteiger partial charge in [0.2, 0.25) is 5.95 Å². The average Bonchev–Trinajstić information content (AvgIpc) is 2.07. The minimum atomic E-state index is 0.182. The van der Waals surface area contributed by atoms with Crippen LogP contribution < -0.4 is 11.5 Å². The van der Waals surface area contributed by atoms with E-state index in [1.165, 1.54) is 0 Å². The van der Waals surface area contributed by atoms with E-state index in [4.69, 9.17) is 11.5 Å². The standard InChI is InChI=1S/C8H9N5/c1-4-2-3-11-6-5(4)12-8(10)13-7(6)9/h2-3H,1H3,(H4,9,10,12,13). The van der Waals surface area contributed by atoms with Gasteiger partial charge in [0.05, 0.1) is 5.52 Å². The Labute approximate surface area is 74.8 Å². The summed E-state index contributed by atoms with van der Waals surface area (Å²) in [6.07, 6.45) is 1.67. The second-order valence-corrected chi connectivity index (χ2v) is 2.79. The number of hydrogen-bond acceptors (Lipinski definition) is 5. The SMILES string of the molecule is Cc1ccnc2c(N)nc(N)nc12. The third-order valence-electron chi connectivity index (χ3n) is 1.83. The van der Waals surface area contributed by atoms with E-state index >= 15 is 0 Å². The van der Waals surface area contributed by atoms with Crippen LogP contribution in [0, 0.1) is 6.92 Å². The first kappa shape index (κ1) is 7.72. The van der Waals surface area contributed by atoms with Crippen molar-refractivity contribution in [3.63, 3.8) is 0 Å². The summed E-state index contributed by atoms with van der Waals surface area (Å²) >= 11 is 0. The predicted octanol–water partition coefficient (Wildman–Crippen LogP) is 0.498. The lowest BCUT2D eigenvalue weighted by atomic mass is 10.2. The third kappa shape index (κ3) is 1.14. The van der Waals surface area contributed by atoms with Crippen LogP contribution in [0.4, 0.5) is 11.8 Å². The summed E-state index contributed by atoms with van der Waals surface area (Å²) in [5.41, 5.74) is 13.4. The van der Waals surface area contributed by atoms with Crippen LogP contribution in [-0.4, -0.2) is 15.0 Å². The molecule has 0 fully saturated rings. The molecule has 0 saturated carbocycles. The molecule has 13 heavy (non-hydrogen) atoms. The minimum Gasteiger partial charge on any atom is -0.382 e. The summed E-state index contributed by atoms with van der Waals surface area (Å²) in [6.45, 7) is 1.93. The van der Waals surface area contributed by atoms with Gasteiger partial charge in [-0.2, -0.15) is 4.98 Å². The number of nitrogens with zero attached hydrogens (tertiary/aromatic N) is 3. The van der Waals surface area contributed by atoms with Crippen molar-refractivity contribution in [1.29, 1.82) is 0 Å². The highest BCUT2D eigenvalue weighted by atomic mass is 15.0. The van der Waals surface area contributed by atoms with Crippen molar-refractivity contribution in [2.24, 2.45) is 0 Å². The molecule has 0 aromatic carbocycles. The van der Waals surface area contributed by atoms with E-state index in [1.807, 2.05) is 13.0 Å². The normalized spacial score (nSPS) is 10.5. The second-order valence-electron chi connectivity index (χ2n) is 2.79. The molecular weight excluding hydrogens is 166 g/mol. The van der Waals surface area contributed by atoms with Gasteiger partial charge in [-0.3, -0.25) is 4.98 Å². The lowest BCUT2D eigenvalue weighted by Gasteiger charge is -2.02. The van der Waals surface area contributed by atoms with E-state index in [2.05, 4.69) is 15.0 Å². The minimum absolute atomic E-state index is 0.182. The zero-order valence-corrected chi connectivity index (χ0v) is 7.15. The van der Waals surface area contributed by atoms with E-state index < -0.39 is 0 Å². The number of hydrogen-bond donors (Lipinski definition) is 2. The number of fused-ring (bicyclic) bond motifs is 1. The maximum Gasteiger partial charge on any atom is 0.222 e. The zero-order chi connectivity index (χ0) is 9.42. The Morgan fingerprint density at radius 3 is 2.69 bits per heavy atom. The zero-order valence-electron chi connectivity index (χ0n) is 7.15. The fourth-order valence-corrected chi connectivity index (χ4v) is 1.19. The van der Waals surface area contributed by atoms with Crippen molar-refractivity contribution in [3.8, 4) is 0 Å². The molecule has 0 saturated heterocycles. The van der Waals surface area contributed by atoms with E-state index in [0.29, 0.717) is 16.9 Å². The van der Waals surface area contributed by atoms with Crippen molar-refractivity contribution in [2.75, 3.05) is 11.5 Å². The summed E-state index contributed by atoms with van der Waals surface area (Å²) < 4.78 is 0. The van der Waals surface area contributed by atoms with Crippen LogP contribution in [0.15, 0.2) is 12.3 Å². The van der Waals surface area contributed by atoms with E-state index in [0.717, 1.165) is 5.56 Å². The maximum absolute atomic E-state index is 5.63. The predicted molar refractivity (Wildman–Crippen MR) is 50.9 cm³/mol. The Kier molecular flexibility index (Phi) is 1.51. The van der Waals surface area contributed by atoms with Crippen molar-refractivity contribution >= 4 is 22.8 Å². The molecule has 0 amide bonds. The monoisotopic (exact) mass is 175 g/mol. The van der Waals surface area contributed by atoms with Crippen LogP contribution in [0.1, 0.15) is 5.56 Å². The first-order valence-electron chi connectivity index (χ1n) is 3.83. The number of aryl methyl sites for hydroxylation is 1. The topological polar surface area (TPSA) is 90.7 Å². The summed E-state index contributed by atoms with van der Waals surface area (Å²) in [7, 11) is 0. The van der Waals surface area contributed by atoms with Gasteiger partial charge in [-0.15, -0.1) is 0 Å². The van der Waals surface area contributed by atoms with Crippen molar-refractivity contribution in [1.82, 2.24) is 15.0 Å². The van der Waals surface area contributed by atoms with E-state index in [9.17, 15) is 0 Å². The number of pyridine rings is 1. The Balaban J connectivity index is 2.94. The van der Waals surface area contributed by atoms with Crippen molar-refractivity contribution in [3.05, 3.63) is 17.8 Å². The Bertz CT molecular complexity index is 465. The molecule has 0 spiro atoms. The van der Waals surface area contributed by atoms with E-state index in [1.54, 1.807) is 6.20 Å². The highest BCUT2D eigenvalue weighted by Gasteiger charge is 2.05. The van der Waals surface area contributed by atoms with Gasteiger partial charge in [-0.25, -0.2) is 4.98 Å². The number of anilines is 2. The van der Waals surface area contributed by atoms with Gasteiger partial charge in [0.15, 0.2) is 5.82 Å². The Hall–Kier alpha value is -1.91. The number of rotatable bonds is 0. The lowest BCUT2D eigenvalue weighted by molar-refractivity contribution is 1.20. The highest BCUT2D eigenvalue weighted by molar-refractivity contribution is 5.86.